The van der Waals surface area contributed by atoms with E-state index in [1.807, 2.05) is 6.92 Å². The summed E-state index contributed by atoms with van der Waals surface area (Å²) in [5.41, 5.74) is 0. The first-order valence-electron chi connectivity index (χ1n) is 5.63. The second kappa shape index (κ2) is 6.28. The van der Waals surface area contributed by atoms with Gasteiger partial charge in [0.05, 0.1) is 0 Å². The molecule has 0 radical (unpaired) electrons. The third-order valence-electron chi connectivity index (χ3n) is 2.84. The summed E-state index contributed by atoms with van der Waals surface area (Å²) < 4.78 is 0. The molecule has 0 saturated heterocycles. The Bertz CT molecular complexity index is 176. The molecule has 1 rings (SSSR count). The number of carbonyl (C=O) groups excluding carboxylic acids is 1. The van der Waals surface area contributed by atoms with E-state index in [9.17, 15) is 4.79 Å². The number of amides is 1. The van der Waals surface area contributed by atoms with Crippen LogP contribution >= 0.6 is 11.6 Å². The van der Waals surface area contributed by atoms with Crippen molar-refractivity contribution in [2.45, 2.75) is 50.8 Å². The van der Waals surface area contributed by atoms with Crippen molar-refractivity contribution in [3.05, 3.63) is 0 Å². The van der Waals surface area contributed by atoms with Crippen LogP contribution in [0.2, 0.25) is 0 Å². The molecule has 82 valence electrons. The molecule has 1 N–H and O–H groups in total. The van der Waals surface area contributed by atoms with E-state index in [0.29, 0.717) is 17.7 Å². The smallest absolute Gasteiger partial charge is 0.219 e. The third-order valence-corrected chi connectivity index (χ3v) is 3.28. The van der Waals surface area contributed by atoms with Gasteiger partial charge in [0.2, 0.25) is 5.91 Å². The van der Waals surface area contributed by atoms with E-state index >= 15 is 0 Å². The summed E-state index contributed by atoms with van der Waals surface area (Å²) in [4.78, 5) is 11.2. The fourth-order valence-electron chi connectivity index (χ4n) is 1.90. The van der Waals surface area contributed by atoms with Crippen molar-refractivity contribution in [2.75, 3.05) is 6.54 Å². The summed E-state index contributed by atoms with van der Waals surface area (Å²) in [6, 6.07) is 0. The Kier molecular flexibility index (Phi) is 5.31. The fraction of sp³-hybridized carbons (Fsp3) is 0.909. The fourth-order valence-corrected chi connectivity index (χ4v) is 2.15. The summed E-state index contributed by atoms with van der Waals surface area (Å²) in [5.74, 6) is 0.853. The van der Waals surface area contributed by atoms with E-state index in [4.69, 9.17) is 11.6 Å². The molecule has 0 unspecified atom stereocenters. The number of nitrogens with one attached hydrogen (secondary N) is 1. The number of rotatable bonds is 4. The molecule has 1 aliphatic carbocycles. The highest BCUT2D eigenvalue weighted by atomic mass is 35.5. The molecule has 1 amide bonds. The molecule has 0 aliphatic heterocycles. The highest BCUT2D eigenvalue weighted by molar-refractivity contribution is 6.20. The lowest BCUT2D eigenvalue weighted by atomic mass is 9.89. The van der Waals surface area contributed by atoms with Gasteiger partial charge >= 0.3 is 0 Å². The number of hydrogen-bond donors (Lipinski definition) is 1. The van der Waals surface area contributed by atoms with Gasteiger partial charge in [0.25, 0.3) is 0 Å². The van der Waals surface area contributed by atoms with Crippen LogP contribution in [0, 0.1) is 5.92 Å². The van der Waals surface area contributed by atoms with Crippen LogP contribution in [0.4, 0.5) is 0 Å². The zero-order chi connectivity index (χ0) is 10.4. The zero-order valence-electron chi connectivity index (χ0n) is 8.89. The SMILES string of the molecule is CCCC(=O)NCC1CCC(Cl)CC1. The molecule has 0 aromatic rings. The molecule has 1 saturated carbocycles. The van der Waals surface area contributed by atoms with Gasteiger partial charge in [-0.25, -0.2) is 0 Å². The average Bonchev–Trinajstić information content (AvgIpc) is 2.17. The van der Waals surface area contributed by atoms with E-state index in [-0.39, 0.29) is 5.91 Å². The predicted molar refractivity (Wildman–Crippen MR) is 59.5 cm³/mol. The van der Waals surface area contributed by atoms with E-state index in [1.54, 1.807) is 0 Å². The summed E-state index contributed by atoms with van der Waals surface area (Å²) in [7, 11) is 0. The van der Waals surface area contributed by atoms with Crippen molar-refractivity contribution in [2.24, 2.45) is 5.92 Å². The van der Waals surface area contributed by atoms with Crippen LogP contribution in [-0.4, -0.2) is 17.8 Å². The number of alkyl halides is 1. The standard InChI is InChI=1S/C11H20ClNO/c1-2-3-11(14)13-8-9-4-6-10(12)7-5-9/h9-10H,2-8H2,1H3,(H,13,14). The van der Waals surface area contributed by atoms with Crippen LogP contribution in [0.15, 0.2) is 0 Å². The topological polar surface area (TPSA) is 29.1 Å². The molecule has 3 heteroatoms. The maximum Gasteiger partial charge on any atom is 0.219 e. The van der Waals surface area contributed by atoms with Crippen LogP contribution in [0.25, 0.3) is 0 Å². The van der Waals surface area contributed by atoms with Crippen molar-refractivity contribution < 1.29 is 4.79 Å². The van der Waals surface area contributed by atoms with Crippen LogP contribution in [0.1, 0.15) is 45.4 Å². The van der Waals surface area contributed by atoms with Crippen molar-refractivity contribution >= 4 is 17.5 Å². The highest BCUT2D eigenvalue weighted by Gasteiger charge is 2.19. The Morgan fingerprint density at radius 1 is 1.36 bits per heavy atom. The maximum atomic E-state index is 11.2. The van der Waals surface area contributed by atoms with Crippen LogP contribution in [0.5, 0.6) is 0 Å². The molecular formula is C11H20ClNO. The molecule has 0 aromatic heterocycles. The predicted octanol–water partition coefficient (Wildman–Crippen LogP) is 2.70. The second-order valence-electron chi connectivity index (χ2n) is 4.17. The lowest BCUT2D eigenvalue weighted by Gasteiger charge is -2.24. The minimum absolute atomic E-state index is 0.195. The van der Waals surface area contributed by atoms with Gasteiger partial charge in [-0.05, 0) is 38.0 Å². The van der Waals surface area contributed by atoms with Crippen molar-refractivity contribution in [3.63, 3.8) is 0 Å². The third kappa shape index (κ3) is 4.32. The summed E-state index contributed by atoms with van der Waals surface area (Å²) in [5, 5.41) is 3.36. The van der Waals surface area contributed by atoms with Crippen molar-refractivity contribution in [3.8, 4) is 0 Å². The lowest BCUT2D eigenvalue weighted by Crippen LogP contribution is -2.31. The Hall–Kier alpha value is -0.240. The summed E-state index contributed by atoms with van der Waals surface area (Å²) >= 11 is 6.01. The molecule has 1 fully saturated rings. The Morgan fingerprint density at radius 2 is 2.00 bits per heavy atom. The molecule has 0 bridgehead atoms. The van der Waals surface area contributed by atoms with E-state index in [0.717, 1.165) is 25.8 Å². The Morgan fingerprint density at radius 3 is 2.57 bits per heavy atom. The van der Waals surface area contributed by atoms with Crippen molar-refractivity contribution in [1.29, 1.82) is 0 Å². The first kappa shape index (κ1) is 11.8. The van der Waals surface area contributed by atoms with Gasteiger partial charge < -0.3 is 5.32 Å². The van der Waals surface area contributed by atoms with Gasteiger partial charge in [0, 0.05) is 18.3 Å². The quantitative estimate of drug-likeness (QED) is 0.721. The van der Waals surface area contributed by atoms with Gasteiger partial charge in [0.15, 0.2) is 0 Å². The lowest BCUT2D eigenvalue weighted by molar-refractivity contribution is -0.121. The number of carbonyl (C=O) groups is 1. The van der Waals surface area contributed by atoms with Gasteiger partial charge in [-0.1, -0.05) is 6.92 Å². The molecule has 0 aromatic carbocycles. The first-order valence-corrected chi connectivity index (χ1v) is 6.06. The molecular weight excluding hydrogens is 198 g/mol. The maximum absolute atomic E-state index is 11.2. The van der Waals surface area contributed by atoms with Crippen molar-refractivity contribution in [1.82, 2.24) is 5.32 Å². The molecule has 14 heavy (non-hydrogen) atoms. The highest BCUT2D eigenvalue weighted by Crippen LogP contribution is 2.26. The van der Waals surface area contributed by atoms with Gasteiger partial charge in [-0.2, -0.15) is 0 Å². The molecule has 0 atom stereocenters. The molecule has 0 heterocycles. The Balaban J connectivity index is 2.09. The molecule has 0 spiro atoms. The van der Waals surface area contributed by atoms with Gasteiger partial charge in [-0.3, -0.25) is 4.79 Å². The molecule has 2 nitrogen and oxygen atoms in total. The second-order valence-corrected chi connectivity index (χ2v) is 4.79. The largest absolute Gasteiger partial charge is 0.356 e. The first-order chi connectivity index (χ1) is 6.72. The monoisotopic (exact) mass is 217 g/mol. The van der Waals surface area contributed by atoms with Crippen LogP contribution < -0.4 is 5.32 Å². The zero-order valence-corrected chi connectivity index (χ0v) is 9.65. The van der Waals surface area contributed by atoms with E-state index in [1.165, 1.54) is 12.8 Å². The van der Waals surface area contributed by atoms with E-state index in [2.05, 4.69) is 5.32 Å². The number of hydrogen-bond acceptors (Lipinski definition) is 1. The minimum atomic E-state index is 0.195. The normalized spacial score (nSPS) is 27.3. The van der Waals surface area contributed by atoms with Gasteiger partial charge in [0.1, 0.15) is 0 Å². The van der Waals surface area contributed by atoms with Gasteiger partial charge in [-0.15, -0.1) is 11.6 Å². The average molecular weight is 218 g/mol. The van der Waals surface area contributed by atoms with Crippen LogP contribution in [-0.2, 0) is 4.79 Å². The summed E-state index contributed by atoms with van der Waals surface area (Å²) in [6.07, 6.45) is 6.14. The number of halogens is 1. The Labute approximate surface area is 91.4 Å². The molecule has 1 aliphatic rings. The van der Waals surface area contributed by atoms with E-state index < -0.39 is 0 Å². The van der Waals surface area contributed by atoms with Crippen LogP contribution in [0.3, 0.4) is 0 Å². The minimum Gasteiger partial charge on any atom is -0.356 e. The summed E-state index contributed by atoms with van der Waals surface area (Å²) in [6.45, 7) is 2.88.